The van der Waals surface area contributed by atoms with Gasteiger partial charge in [0.2, 0.25) is 0 Å². The number of aliphatic hydroxyl groups excluding tert-OH is 1. The molecule has 1 amide bonds. The van der Waals surface area contributed by atoms with Gasteiger partial charge in [-0.2, -0.15) is 0 Å². The van der Waals surface area contributed by atoms with E-state index in [1.54, 1.807) is 12.1 Å². The van der Waals surface area contributed by atoms with Gasteiger partial charge in [0, 0.05) is 22.5 Å². The molecule has 29 heavy (non-hydrogen) atoms. The third kappa shape index (κ3) is 4.63. The number of aryl methyl sites for hydroxylation is 1. The van der Waals surface area contributed by atoms with Gasteiger partial charge in [-0.15, -0.1) is 11.3 Å². The van der Waals surface area contributed by atoms with Crippen molar-refractivity contribution < 1.29 is 14.7 Å². The van der Waals surface area contributed by atoms with Crippen LogP contribution >= 0.6 is 11.3 Å². The number of anilines is 1. The van der Waals surface area contributed by atoms with Crippen LogP contribution in [0.5, 0.6) is 0 Å². The molecule has 2 aromatic carbocycles. The molecule has 148 valence electrons. The lowest BCUT2D eigenvalue weighted by atomic mass is 10.0. The second-order valence-corrected chi connectivity index (χ2v) is 8.66. The molecule has 0 aliphatic heterocycles. The number of benzene rings is 2. The topological polar surface area (TPSA) is 66.4 Å². The third-order valence-corrected chi connectivity index (χ3v) is 6.34. The Labute approximate surface area is 174 Å². The van der Waals surface area contributed by atoms with Crippen LogP contribution < -0.4 is 5.32 Å². The summed E-state index contributed by atoms with van der Waals surface area (Å²) >= 11 is 1.40. The molecule has 1 heterocycles. The molecule has 0 unspecified atom stereocenters. The fraction of sp³-hybridized carbons (Fsp3) is 0.250. The maximum atomic E-state index is 12.8. The molecular formula is C24H23NO3S. The molecule has 0 saturated heterocycles. The van der Waals surface area contributed by atoms with Gasteiger partial charge in [0.05, 0.1) is 11.5 Å². The highest BCUT2D eigenvalue weighted by Gasteiger charge is 2.25. The summed E-state index contributed by atoms with van der Waals surface area (Å²) < 4.78 is 0. The molecule has 5 heteroatoms. The van der Waals surface area contributed by atoms with Crippen molar-refractivity contribution in [1.29, 1.82) is 0 Å². The summed E-state index contributed by atoms with van der Waals surface area (Å²) in [7, 11) is 0. The average molecular weight is 406 g/mol. The average Bonchev–Trinajstić information content (AvgIpc) is 3.40. The second kappa shape index (κ2) is 8.31. The zero-order valence-electron chi connectivity index (χ0n) is 16.3. The van der Waals surface area contributed by atoms with Crippen LogP contribution in [-0.2, 0) is 6.61 Å². The highest BCUT2D eigenvalue weighted by atomic mass is 32.1. The Morgan fingerprint density at radius 3 is 2.69 bits per heavy atom. The number of nitrogens with one attached hydrogen (secondary N) is 1. The lowest BCUT2D eigenvalue weighted by Crippen LogP contribution is -2.12. The number of aliphatic hydroxyl groups is 1. The van der Waals surface area contributed by atoms with Crippen molar-refractivity contribution in [3.63, 3.8) is 0 Å². The summed E-state index contributed by atoms with van der Waals surface area (Å²) in [5, 5.41) is 12.3. The van der Waals surface area contributed by atoms with Crippen LogP contribution in [0.3, 0.4) is 0 Å². The van der Waals surface area contributed by atoms with E-state index in [-0.39, 0.29) is 18.3 Å². The number of rotatable bonds is 7. The molecular weight excluding hydrogens is 382 g/mol. The van der Waals surface area contributed by atoms with Crippen molar-refractivity contribution in [2.45, 2.75) is 32.8 Å². The Morgan fingerprint density at radius 1 is 1.10 bits per heavy atom. The number of carbonyl (C=O) groups is 2. The van der Waals surface area contributed by atoms with Crippen LogP contribution in [-0.4, -0.2) is 16.8 Å². The molecule has 2 N–H and O–H groups in total. The van der Waals surface area contributed by atoms with Crippen molar-refractivity contribution in [1.82, 2.24) is 0 Å². The first-order valence-electron chi connectivity index (χ1n) is 9.78. The van der Waals surface area contributed by atoms with Crippen molar-refractivity contribution in [2.24, 2.45) is 5.92 Å². The van der Waals surface area contributed by atoms with Crippen LogP contribution in [0.25, 0.3) is 10.4 Å². The van der Waals surface area contributed by atoms with E-state index in [0.29, 0.717) is 28.5 Å². The Balaban J connectivity index is 1.50. The Hall–Kier alpha value is -2.76. The number of hydrogen-bond donors (Lipinski definition) is 2. The van der Waals surface area contributed by atoms with E-state index in [0.717, 1.165) is 34.4 Å². The molecule has 0 radical (unpaired) electrons. The summed E-state index contributed by atoms with van der Waals surface area (Å²) in [4.78, 5) is 26.7. The third-order valence-electron chi connectivity index (χ3n) is 5.20. The number of thiophene rings is 1. The van der Waals surface area contributed by atoms with E-state index in [9.17, 15) is 14.7 Å². The van der Waals surface area contributed by atoms with Gasteiger partial charge in [-0.05, 0) is 66.6 Å². The summed E-state index contributed by atoms with van der Waals surface area (Å²) in [5.74, 6) is 0.496. The molecule has 4 nitrogen and oxygen atoms in total. The van der Waals surface area contributed by atoms with Crippen molar-refractivity contribution in [2.75, 3.05) is 5.32 Å². The second-order valence-electron chi connectivity index (χ2n) is 7.58. The van der Waals surface area contributed by atoms with Crippen LogP contribution in [0.2, 0.25) is 0 Å². The van der Waals surface area contributed by atoms with E-state index in [4.69, 9.17) is 0 Å². The van der Waals surface area contributed by atoms with Crippen molar-refractivity contribution in [3.05, 3.63) is 76.2 Å². The molecule has 0 bridgehead atoms. The fourth-order valence-corrected chi connectivity index (χ4v) is 4.15. The molecule has 1 aliphatic carbocycles. The maximum absolute atomic E-state index is 12.8. The number of Topliss-reactive ketones (excluding diaryl/α,β-unsaturated/α-hetero) is 1. The van der Waals surface area contributed by atoms with E-state index < -0.39 is 0 Å². The monoisotopic (exact) mass is 405 g/mol. The lowest BCUT2D eigenvalue weighted by molar-refractivity contribution is 0.0974. The molecule has 1 fully saturated rings. The molecule has 0 spiro atoms. The van der Waals surface area contributed by atoms with Gasteiger partial charge in [0.15, 0.2) is 5.78 Å². The van der Waals surface area contributed by atoms with Gasteiger partial charge in [-0.1, -0.05) is 30.3 Å². The predicted molar refractivity (Wildman–Crippen MR) is 116 cm³/mol. The fourth-order valence-electron chi connectivity index (χ4n) is 3.25. The van der Waals surface area contributed by atoms with Crippen molar-refractivity contribution in [3.8, 4) is 10.4 Å². The predicted octanol–water partition coefficient (Wildman–Crippen LogP) is 5.45. The van der Waals surface area contributed by atoms with Crippen LogP contribution in [0.15, 0.2) is 54.6 Å². The minimum atomic E-state index is -0.186. The molecule has 1 aliphatic rings. The Bertz CT molecular complexity index is 1070. The molecule has 1 saturated carbocycles. The van der Waals surface area contributed by atoms with Crippen LogP contribution in [0.4, 0.5) is 5.69 Å². The largest absolute Gasteiger partial charge is 0.392 e. The highest BCUT2D eigenvalue weighted by molar-refractivity contribution is 7.17. The van der Waals surface area contributed by atoms with E-state index in [1.807, 2.05) is 49.4 Å². The summed E-state index contributed by atoms with van der Waals surface area (Å²) in [5.41, 5.74) is 4.07. The van der Waals surface area contributed by atoms with E-state index >= 15 is 0 Å². The highest BCUT2D eigenvalue weighted by Crippen LogP contribution is 2.34. The molecule has 4 rings (SSSR count). The smallest absolute Gasteiger partial charge is 0.265 e. The summed E-state index contributed by atoms with van der Waals surface area (Å²) in [6.07, 6.45) is 2.88. The molecule has 1 aromatic heterocycles. The minimum Gasteiger partial charge on any atom is -0.392 e. The number of amides is 1. The van der Waals surface area contributed by atoms with Crippen LogP contribution in [0.1, 0.15) is 50.4 Å². The van der Waals surface area contributed by atoms with Gasteiger partial charge in [0.25, 0.3) is 5.91 Å². The Kier molecular flexibility index (Phi) is 5.60. The van der Waals surface area contributed by atoms with Gasteiger partial charge >= 0.3 is 0 Å². The van der Waals surface area contributed by atoms with Gasteiger partial charge in [0.1, 0.15) is 0 Å². The zero-order valence-corrected chi connectivity index (χ0v) is 17.1. The van der Waals surface area contributed by atoms with Crippen LogP contribution in [0, 0.1) is 12.8 Å². The normalized spacial score (nSPS) is 13.3. The van der Waals surface area contributed by atoms with Crippen molar-refractivity contribution >= 4 is 28.7 Å². The van der Waals surface area contributed by atoms with E-state index in [2.05, 4.69) is 5.32 Å². The lowest BCUT2D eigenvalue weighted by Gasteiger charge is -2.10. The Morgan fingerprint density at radius 2 is 1.93 bits per heavy atom. The zero-order chi connectivity index (χ0) is 20.4. The molecule has 0 atom stereocenters. The molecule has 3 aromatic rings. The van der Waals surface area contributed by atoms with Gasteiger partial charge < -0.3 is 10.4 Å². The minimum absolute atomic E-state index is 0.0123. The van der Waals surface area contributed by atoms with E-state index in [1.165, 1.54) is 11.3 Å². The number of hydrogen-bond acceptors (Lipinski definition) is 4. The quantitative estimate of drug-likeness (QED) is 0.514. The van der Waals surface area contributed by atoms with Gasteiger partial charge in [-0.3, -0.25) is 9.59 Å². The number of ketones is 1. The first kappa shape index (κ1) is 19.6. The summed E-state index contributed by atoms with van der Waals surface area (Å²) in [6.45, 7) is 1.91. The maximum Gasteiger partial charge on any atom is 0.265 e. The SMILES string of the molecule is Cc1ccc(C(=O)CC2CC2)cc1NC(=O)c1ccc(-c2cccc(CO)c2)s1. The standard InChI is InChI=1S/C24H23NO3S/c1-15-5-8-18(21(27)12-16-6-7-16)13-20(15)25-24(28)23-10-9-22(29-23)19-4-2-3-17(11-19)14-26/h2-5,8-11,13,16,26H,6-7,12,14H2,1H3,(H,25,28). The first-order valence-corrected chi connectivity index (χ1v) is 10.6. The first-order chi connectivity index (χ1) is 14.0. The summed E-state index contributed by atoms with van der Waals surface area (Å²) in [6, 6.07) is 16.9. The number of carbonyl (C=O) groups excluding carboxylic acids is 2. The van der Waals surface area contributed by atoms with Gasteiger partial charge in [-0.25, -0.2) is 0 Å².